The minimum absolute atomic E-state index is 0.299. The third kappa shape index (κ3) is 4.44. The zero-order valence-corrected chi connectivity index (χ0v) is 18.5. The van der Waals surface area contributed by atoms with E-state index in [0.717, 1.165) is 28.4 Å². The van der Waals surface area contributed by atoms with Gasteiger partial charge in [-0.3, -0.25) is 0 Å². The van der Waals surface area contributed by atoms with E-state index in [2.05, 4.69) is 33.0 Å². The van der Waals surface area contributed by atoms with Gasteiger partial charge in [-0.1, -0.05) is 46.2 Å². The molecule has 2 heterocycles. The van der Waals surface area contributed by atoms with Crippen molar-refractivity contribution in [1.82, 2.24) is 14.4 Å². The lowest BCUT2D eigenvalue weighted by molar-refractivity contribution is 0.288. The van der Waals surface area contributed by atoms with Gasteiger partial charge in [-0.15, -0.1) is 0 Å². The highest BCUT2D eigenvalue weighted by Gasteiger charge is 2.28. The van der Waals surface area contributed by atoms with Crippen LogP contribution in [0.1, 0.15) is 31.2 Å². The van der Waals surface area contributed by atoms with E-state index in [4.69, 9.17) is 4.52 Å². The van der Waals surface area contributed by atoms with Crippen LogP contribution in [0.2, 0.25) is 0 Å². The molecule has 1 aliphatic heterocycles. The van der Waals surface area contributed by atoms with Crippen LogP contribution in [0.3, 0.4) is 0 Å². The molecule has 3 aromatic rings. The molecule has 6 nitrogen and oxygen atoms in total. The molecule has 1 saturated heterocycles. The van der Waals surface area contributed by atoms with Gasteiger partial charge in [-0.2, -0.15) is 9.29 Å². The quantitative estimate of drug-likeness (QED) is 0.542. The zero-order chi connectivity index (χ0) is 20.4. The fraction of sp³-hybridized carbons (Fsp3) is 0.333. The van der Waals surface area contributed by atoms with Gasteiger partial charge >= 0.3 is 0 Å². The van der Waals surface area contributed by atoms with E-state index in [9.17, 15) is 8.42 Å². The summed E-state index contributed by atoms with van der Waals surface area (Å²) in [6.07, 6.45) is 2.33. The summed E-state index contributed by atoms with van der Waals surface area (Å²) >= 11 is 3.52. The number of nitrogens with zero attached hydrogens (tertiary/aromatic N) is 3. The van der Waals surface area contributed by atoms with E-state index in [-0.39, 0.29) is 0 Å². The summed E-state index contributed by atoms with van der Waals surface area (Å²) in [5, 5.41) is 4.04. The zero-order valence-electron chi connectivity index (χ0n) is 16.1. The number of benzene rings is 2. The fourth-order valence-corrected chi connectivity index (χ4v) is 5.29. The van der Waals surface area contributed by atoms with Crippen LogP contribution in [0, 0.1) is 5.92 Å². The molecule has 8 heteroatoms. The molecule has 1 aliphatic rings. The van der Waals surface area contributed by atoms with Gasteiger partial charge in [0.05, 0.1) is 11.3 Å². The lowest BCUT2D eigenvalue weighted by Crippen LogP contribution is -2.37. The molecule has 29 heavy (non-hydrogen) atoms. The van der Waals surface area contributed by atoms with E-state index >= 15 is 0 Å². The van der Waals surface area contributed by atoms with Crippen LogP contribution >= 0.6 is 15.9 Å². The molecule has 0 radical (unpaired) electrons. The summed E-state index contributed by atoms with van der Waals surface area (Å²) in [7, 11) is -3.46. The average Bonchev–Trinajstić information content (AvgIpc) is 3.19. The number of hydrogen-bond donors (Lipinski definition) is 0. The molecule has 0 saturated carbocycles. The van der Waals surface area contributed by atoms with Crippen LogP contribution in [0.15, 0.2) is 62.4 Å². The molecule has 0 N–H and O–H groups in total. The second-order valence-electron chi connectivity index (χ2n) is 7.39. The molecular weight excluding hydrogens is 454 g/mol. The number of piperidine rings is 1. The van der Waals surface area contributed by atoms with Gasteiger partial charge in [0.15, 0.2) is 0 Å². The smallest absolute Gasteiger partial charge is 0.243 e. The summed E-state index contributed by atoms with van der Waals surface area (Å²) in [6, 6.07) is 14.6. The number of halogens is 1. The van der Waals surface area contributed by atoms with Gasteiger partial charge in [0.25, 0.3) is 0 Å². The minimum Gasteiger partial charge on any atom is -0.339 e. The Labute approximate surface area is 179 Å². The Morgan fingerprint density at radius 3 is 2.48 bits per heavy atom. The minimum atomic E-state index is -3.46. The Bertz CT molecular complexity index is 1090. The van der Waals surface area contributed by atoms with Crippen LogP contribution in [-0.4, -0.2) is 36.0 Å². The fourth-order valence-electron chi connectivity index (χ4n) is 3.40. The van der Waals surface area contributed by atoms with E-state index < -0.39 is 10.0 Å². The highest BCUT2D eigenvalue weighted by molar-refractivity contribution is 9.10. The van der Waals surface area contributed by atoms with Gasteiger partial charge in [0.1, 0.15) is 0 Å². The second-order valence-corrected chi connectivity index (χ2v) is 10.2. The normalized spacial score (nSPS) is 16.2. The van der Waals surface area contributed by atoms with E-state index in [0.29, 0.717) is 42.0 Å². The predicted molar refractivity (Wildman–Crippen MR) is 114 cm³/mol. The topological polar surface area (TPSA) is 76.3 Å². The molecule has 4 rings (SSSR count). The summed E-state index contributed by atoms with van der Waals surface area (Å²) < 4.78 is 33.6. The Morgan fingerprint density at radius 1 is 1.10 bits per heavy atom. The molecular formula is C21H22BrN3O3S. The monoisotopic (exact) mass is 475 g/mol. The largest absolute Gasteiger partial charge is 0.339 e. The first-order valence-corrected chi connectivity index (χ1v) is 11.8. The van der Waals surface area contributed by atoms with Crippen molar-refractivity contribution < 1.29 is 12.9 Å². The second kappa shape index (κ2) is 8.38. The van der Waals surface area contributed by atoms with Crippen molar-refractivity contribution in [3.63, 3.8) is 0 Å². The number of rotatable bonds is 5. The van der Waals surface area contributed by atoms with Gasteiger partial charge in [0.2, 0.25) is 21.7 Å². The number of sulfonamides is 1. The average molecular weight is 476 g/mol. The first kappa shape index (κ1) is 20.3. The lowest BCUT2D eigenvalue weighted by Gasteiger charge is -2.29. The summed E-state index contributed by atoms with van der Waals surface area (Å²) in [4.78, 5) is 4.75. The first-order chi connectivity index (χ1) is 13.9. The standard InChI is InChI=1S/C21H22BrN3O3S/c1-15-10-12-25(13-11-15)29(26,27)18-8-6-16(7-9-18)21-23-20(28-24-21)14-17-4-2-3-5-19(17)22/h2-9,15H,10-14H2,1H3. The number of aromatic nitrogens is 2. The van der Waals surface area contributed by atoms with Gasteiger partial charge in [-0.05, 0) is 54.7 Å². The third-order valence-corrected chi connectivity index (χ3v) is 7.95. The molecule has 1 aromatic heterocycles. The molecule has 0 spiro atoms. The van der Waals surface area contributed by atoms with Gasteiger partial charge < -0.3 is 4.52 Å². The van der Waals surface area contributed by atoms with Gasteiger partial charge in [0, 0.05) is 23.1 Å². The van der Waals surface area contributed by atoms with Gasteiger partial charge in [-0.25, -0.2) is 8.42 Å². The molecule has 0 aliphatic carbocycles. The molecule has 0 bridgehead atoms. The van der Waals surface area contributed by atoms with E-state index in [1.165, 1.54) is 0 Å². The highest BCUT2D eigenvalue weighted by Crippen LogP contribution is 2.26. The van der Waals surface area contributed by atoms with Crippen molar-refractivity contribution in [3.05, 3.63) is 64.5 Å². The molecule has 0 amide bonds. The Morgan fingerprint density at radius 2 is 1.79 bits per heavy atom. The molecule has 0 atom stereocenters. The van der Waals surface area contributed by atoms with E-state index in [1.807, 2.05) is 24.3 Å². The Kier molecular flexibility index (Phi) is 5.85. The first-order valence-electron chi connectivity index (χ1n) is 9.60. The molecule has 152 valence electrons. The third-order valence-electron chi connectivity index (χ3n) is 5.26. The van der Waals surface area contributed by atoms with E-state index in [1.54, 1.807) is 28.6 Å². The summed E-state index contributed by atoms with van der Waals surface area (Å²) in [5.74, 6) is 1.53. The van der Waals surface area contributed by atoms with Crippen molar-refractivity contribution in [3.8, 4) is 11.4 Å². The number of hydrogen-bond acceptors (Lipinski definition) is 5. The lowest BCUT2D eigenvalue weighted by atomic mass is 10.0. The molecule has 1 fully saturated rings. The molecule has 2 aromatic carbocycles. The van der Waals surface area contributed by atoms with Crippen molar-refractivity contribution in [1.29, 1.82) is 0 Å². The predicted octanol–water partition coefficient (Wildman–Crippen LogP) is 4.51. The summed E-state index contributed by atoms with van der Waals surface area (Å²) in [6.45, 7) is 3.32. The van der Waals surface area contributed by atoms with Crippen molar-refractivity contribution >= 4 is 26.0 Å². The van der Waals surface area contributed by atoms with Crippen LogP contribution in [0.25, 0.3) is 11.4 Å². The summed E-state index contributed by atoms with van der Waals surface area (Å²) in [5.41, 5.74) is 1.78. The maximum Gasteiger partial charge on any atom is 0.243 e. The van der Waals surface area contributed by atoms with Crippen LogP contribution in [0.5, 0.6) is 0 Å². The van der Waals surface area contributed by atoms with Crippen molar-refractivity contribution in [2.45, 2.75) is 31.1 Å². The Hall–Kier alpha value is -2.03. The van der Waals surface area contributed by atoms with Crippen LogP contribution in [0.4, 0.5) is 0 Å². The van der Waals surface area contributed by atoms with Crippen LogP contribution in [-0.2, 0) is 16.4 Å². The molecule has 0 unspecified atom stereocenters. The maximum atomic E-state index is 12.9. The van der Waals surface area contributed by atoms with Crippen molar-refractivity contribution in [2.24, 2.45) is 5.92 Å². The highest BCUT2D eigenvalue weighted by atomic mass is 79.9. The Balaban J connectivity index is 1.50. The SMILES string of the molecule is CC1CCN(S(=O)(=O)c2ccc(-c3noc(Cc4ccccc4Br)n3)cc2)CC1. The van der Waals surface area contributed by atoms with Crippen molar-refractivity contribution in [2.75, 3.05) is 13.1 Å². The maximum absolute atomic E-state index is 12.9. The van der Waals surface area contributed by atoms with Crippen LogP contribution < -0.4 is 0 Å².